The van der Waals surface area contributed by atoms with Gasteiger partial charge in [0.2, 0.25) is 0 Å². The molecule has 4 aromatic carbocycles. The molecule has 0 radical (unpaired) electrons. The summed E-state index contributed by atoms with van der Waals surface area (Å²) >= 11 is -2.09. The van der Waals surface area contributed by atoms with E-state index in [9.17, 15) is 9.32 Å². The highest BCUT2D eigenvalue weighted by Crippen LogP contribution is 2.35. The van der Waals surface area contributed by atoms with Crippen molar-refractivity contribution in [1.29, 1.82) is 0 Å². The van der Waals surface area contributed by atoms with Gasteiger partial charge in [-0.25, -0.2) is 15.0 Å². The average Bonchev–Trinajstić information content (AvgIpc) is 3.04. The smallest absolute Gasteiger partial charge is 0.417 e. The first-order valence-electron chi connectivity index (χ1n) is 14.8. The third-order valence-electron chi connectivity index (χ3n) is 8.13. The largest absolute Gasteiger partial charge is 0.507 e. The lowest BCUT2D eigenvalue weighted by molar-refractivity contribution is 0.453. The van der Waals surface area contributed by atoms with Gasteiger partial charge in [-0.2, -0.15) is 4.21 Å². The van der Waals surface area contributed by atoms with Gasteiger partial charge < -0.3 is 13.5 Å². The van der Waals surface area contributed by atoms with Crippen molar-refractivity contribution in [3.63, 3.8) is 0 Å². The van der Waals surface area contributed by atoms with Gasteiger partial charge in [0, 0.05) is 18.6 Å². The Morgan fingerprint density at radius 2 is 1.12 bits per heavy atom. The zero-order chi connectivity index (χ0) is 29.2. The van der Waals surface area contributed by atoms with Gasteiger partial charge in [0.15, 0.2) is 17.5 Å². The van der Waals surface area contributed by atoms with Gasteiger partial charge in [-0.1, -0.05) is 42.5 Å². The standard InChI is InChI=1S/C35H31N3O4S.H2/c39-32-22-30(42-43(40)41-29-12-2-1-3-13-29)18-19-31(32)35-37-33(27-16-14-23-8-4-6-10-25(23)20-27)36-34(38-35)28-17-15-24-9-5-7-11-26(24)21-28;/h1-3,12-22,39H,4-11H2;1H/i;1+2. The quantitative estimate of drug-likeness (QED) is 0.207. The Morgan fingerprint density at radius 3 is 1.70 bits per heavy atom. The third kappa shape index (κ3) is 6.01. The highest BCUT2D eigenvalue weighted by atomic mass is 32.2. The van der Waals surface area contributed by atoms with Crippen molar-refractivity contribution in [2.45, 2.75) is 51.4 Å². The van der Waals surface area contributed by atoms with E-state index in [2.05, 4.69) is 36.4 Å². The van der Waals surface area contributed by atoms with Crippen LogP contribution in [0.3, 0.4) is 0 Å². The number of hydrogen-bond acceptors (Lipinski definition) is 7. The number of fused-ring (bicyclic) bond motifs is 2. The lowest BCUT2D eigenvalue weighted by atomic mass is 9.90. The van der Waals surface area contributed by atoms with Gasteiger partial charge >= 0.3 is 11.4 Å². The Bertz CT molecular complexity index is 1760. The molecule has 1 N–H and O–H groups in total. The van der Waals surface area contributed by atoms with Crippen molar-refractivity contribution < 1.29 is 19.1 Å². The minimum absolute atomic E-state index is 0. The molecule has 0 saturated heterocycles. The molecule has 7 rings (SSSR count). The van der Waals surface area contributed by atoms with Gasteiger partial charge in [-0.05, 0) is 110 Å². The maximum Gasteiger partial charge on any atom is 0.417 e. The number of aromatic nitrogens is 3. The highest BCUT2D eigenvalue weighted by molar-refractivity contribution is 7.75. The third-order valence-corrected chi connectivity index (χ3v) is 8.79. The van der Waals surface area contributed by atoms with Crippen molar-refractivity contribution >= 4 is 11.4 Å². The van der Waals surface area contributed by atoms with Crippen LogP contribution in [0.5, 0.6) is 17.2 Å². The number of nitrogens with zero attached hydrogens (tertiary/aromatic N) is 3. The Labute approximate surface area is 255 Å². The summed E-state index contributed by atoms with van der Waals surface area (Å²) in [5, 5.41) is 11.1. The molecule has 0 saturated carbocycles. The number of phenols is 1. The minimum atomic E-state index is -2.09. The van der Waals surface area contributed by atoms with Gasteiger partial charge in [-0.15, -0.1) is 0 Å². The van der Waals surface area contributed by atoms with E-state index in [0.717, 1.165) is 36.8 Å². The van der Waals surface area contributed by atoms with Crippen LogP contribution in [0.15, 0.2) is 84.9 Å². The Balaban J connectivity index is 0.00000343. The van der Waals surface area contributed by atoms with Crippen LogP contribution in [0.1, 0.15) is 49.4 Å². The fraction of sp³-hybridized carbons (Fsp3) is 0.229. The van der Waals surface area contributed by atoms with Crippen molar-refractivity contribution in [2.75, 3.05) is 0 Å². The molecule has 7 nitrogen and oxygen atoms in total. The number of hydrogen-bond donors (Lipinski definition) is 1. The van der Waals surface area contributed by atoms with Crippen LogP contribution in [0.4, 0.5) is 0 Å². The molecule has 43 heavy (non-hydrogen) atoms. The first kappa shape index (κ1) is 27.3. The molecule has 0 amide bonds. The first-order valence-corrected chi connectivity index (χ1v) is 15.8. The molecular formula is C35H33N3O4S. The van der Waals surface area contributed by atoms with Crippen LogP contribution in [0, 0.1) is 0 Å². The van der Waals surface area contributed by atoms with Gasteiger partial charge in [0.1, 0.15) is 17.2 Å². The van der Waals surface area contributed by atoms with E-state index in [4.69, 9.17) is 23.3 Å². The SMILES string of the molecule is O=S(Oc1ccccc1)Oc1ccc(-c2nc(-c3ccc4c(c3)CCCC4)nc(-c3ccc4c(c3)CCCC4)n2)c(O)c1.[3HH]. The average molecular weight is 594 g/mol. The van der Waals surface area contributed by atoms with Crippen LogP contribution in [-0.2, 0) is 37.0 Å². The second kappa shape index (κ2) is 12.0. The number of phenolic OH excluding ortho intramolecular Hbond substituents is 1. The topological polar surface area (TPSA) is 94.4 Å². The van der Waals surface area contributed by atoms with Crippen molar-refractivity contribution in [3.05, 3.63) is 107 Å². The van der Waals surface area contributed by atoms with Crippen LogP contribution in [0.2, 0.25) is 0 Å². The van der Waals surface area contributed by atoms with Crippen LogP contribution >= 0.6 is 0 Å². The molecule has 1 unspecified atom stereocenters. The van der Waals surface area contributed by atoms with Gasteiger partial charge in [0.05, 0.1) is 5.56 Å². The predicted octanol–water partition coefficient (Wildman–Crippen LogP) is 7.62. The summed E-state index contributed by atoms with van der Waals surface area (Å²) in [5.74, 6) is 1.96. The monoisotopic (exact) mass is 593 g/mol. The van der Waals surface area contributed by atoms with E-state index in [-0.39, 0.29) is 12.9 Å². The molecule has 0 aliphatic heterocycles. The molecule has 2 aliphatic carbocycles. The summed E-state index contributed by atoms with van der Waals surface area (Å²) in [7, 11) is 0. The normalized spacial score (nSPS) is 14.8. The number of para-hydroxylation sites is 1. The molecular weight excluding hydrogens is 558 g/mol. The molecule has 1 atom stereocenters. The molecule has 0 bridgehead atoms. The van der Waals surface area contributed by atoms with E-state index >= 15 is 0 Å². The summed E-state index contributed by atoms with van der Waals surface area (Å²) in [4.78, 5) is 14.6. The molecule has 0 fully saturated rings. The molecule has 2 aliphatic rings. The molecule has 1 aromatic heterocycles. The molecule has 0 spiro atoms. The lowest BCUT2D eigenvalue weighted by Crippen LogP contribution is -2.08. The van der Waals surface area contributed by atoms with Crippen LogP contribution in [0.25, 0.3) is 34.2 Å². The van der Waals surface area contributed by atoms with E-state index in [1.165, 1.54) is 54.0 Å². The predicted molar refractivity (Wildman–Crippen MR) is 169 cm³/mol. The van der Waals surface area contributed by atoms with Crippen LogP contribution < -0.4 is 8.37 Å². The summed E-state index contributed by atoms with van der Waals surface area (Å²) in [6.07, 6.45) is 9.10. The number of benzene rings is 4. The second-order valence-corrected chi connectivity index (χ2v) is 11.8. The van der Waals surface area contributed by atoms with E-state index in [1.54, 1.807) is 36.4 Å². The Hall–Kier alpha value is -4.56. The summed E-state index contributed by atoms with van der Waals surface area (Å²) in [6.45, 7) is 0. The summed E-state index contributed by atoms with van der Waals surface area (Å²) in [5.41, 5.74) is 7.74. The Kier molecular flexibility index (Phi) is 7.60. The van der Waals surface area contributed by atoms with Crippen LogP contribution in [-0.4, -0.2) is 24.3 Å². The van der Waals surface area contributed by atoms with Crippen molar-refractivity contribution in [1.82, 2.24) is 15.0 Å². The van der Waals surface area contributed by atoms with E-state index in [1.807, 2.05) is 6.07 Å². The first-order chi connectivity index (χ1) is 21.1. The van der Waals surface area contributed by atoms with Crippen molar-refractivity contribution in [3.8, 4) is 51.4 Å². The van der Waals surface area contributed by atoms with Gasteiger partial charge in [-0.3, -0.25) is 0 Å². The fourth-order valence-corrected chi connectivity index (χ4v) is 6.47. The van der Waals surface area contributed by atoms with E-state index < -0.39 is 11.4 Å². The maximum atomic E-state index is 12.4. The zero-order valence-corrected chi connectivity index (χ0v) is 24.5. The summed E-state index contributed by atoms with van der Waals surface area (Å²) in [6, 6.07) is 26.4. The number of aryl methyl sites for hydroxylation is 4. The van der Waals surface area contributed by atoms with Crippen molar-refractivity contribution in [2.24, 2.45) is 0 Å². The second-order valence-electron chi connectivity index (χ2n) is 11.1. The number of rotatable bonds is 7. The highest BCUT2D eigenvalue weighted by Gasteiger charge is 2.19. The number of aromatic hydroxyl groups is 1. The lowest BCUT2D eigenvalue weighted by Gasteiger charge is -2.18. The molecule has 218 valence electrons. The Morgan fingerprint density at radius 1 is 0.581 bits per heavy atom. The fourth-order valence-electron chi connectivity index (χ4n) is 5.90. The van der Waals surface area contributed by atoms with Gasteiger partial charge in [0.25, 0.3) is 0 Å². The van der Waals surface area contributed by atoms with E-state index in [0.29, 0.717) is 28.8 Å². The zero-order valence-electron chi connectivity index (χ0n) is 23.7. The molecule has 8 heteroatoms. The molecule has 1 heterocycles. The molecule has 5 aromatic rings. The minimum Gasteiger partial charge on any atom is -0.507 e. The maximum absolute atomic E-state index is 12.4. The summed E-state index contributed by atoms with van der Waals surface area (Å²) < 4.78 is 23.1.